The van der Waals surface area contributed by atoms with Crippen LogP contribution in [0.3, 0.4) is 0 Å². The molecule has 0 unspecified atom stereocenters. The van der Waals surface area contributed by atoms with Gasteiger partial charge >= 0.3 is 0 Å². The summed E-state index contributed by atoms with van der Waals surface area (Å²) in [4.78, 5) is 10.3. The summed E-state index contributed by atoms with van der Waals surface area (Å²) in [5.74, 6) is 0. The van der Waals surface area contributed by atoms with Crippen molar-refractivity contribution >= 4 is 6.29 Å². The fourth-order valence-electron chi connectivity index (χ4n) is 2.08. The van der Waals surface area contributed by atoms with Crippen molar-refractivity contribution in [2.45, 2.75) is 25.8 Å². The van der Waals surface area contributed by atoms with Gasteiger partial charge in [-0.1, -0.05) is 48.5 Å². The SMILES string of the molecule is NCc1ccc(Cc2ccc(CCC=O)cc2)cc1. The molecule has 0 aliphatic heterocycles. The first-order valence-electron chi connectivity index (χ1n) is 6.61. The van der Waals surface area contributed by atoms with Gasteiger partial charge in [0.05, 0.1) is 0 Å². The molecule has 0 fully saturated rings. The molecule has 0 aliphatic rings. The van der Waals surface area contributed by atoms with Gasteiger partial charge in [0.25, 0.3) is 0 Å². The zero-order valence-corrected chi connectivity index (χ0v) is 11.0. The summed E-state index contributed by atoms with van der Waals surface area (Å²) in [5, 5.41) is 0. The van der Waals surface area contributed by atoms with Gasteiger partial charge in [-0.3, -0.25) is 0 Å². The van der Waals surface area contributed by atoms with Gasteiger partial charge < -0.3 is 10.5 Å². The first-order chi connectivity index (χ1) is 9.31. The van der Waals surface area contributed by atoms with Gasteiger partial charge in [0, 0.05) is 13.0 Å². The van der Waals surface area contributed by atoms with Gasteiger partial charge in [-0.15, -0.1) is 0 Å². The minimum absolute atomic E-state index is 0.589. The fourth-order valence-corrected chi connectivity index (χ4v) is 2.08. The summed E-state index contributed by atoms with van der Waals surface area (Å²) in [5.41, 5.74) is 10.5. The van der Waals surface area contributed by atoms with Crippen molar-refractivity contribution in [3.8, 4) is 0 Å². The van der Waals surface area contributed by atoms with E-state index in [0.717, 1.165) is 24.7 Å². The van der Waals surface area contributed by atoms with Crippen LogP contribution in [-0.2, 0) is 24.2 Å². The van der Waals surface area contributed by atoms with Crippen LogP contribution >= 0.6 is 0 Å². The Labute approximate surface area is 114 Å². The number of carbonyl (C=O) groups is 1. The van der Waals surface area contributed by atoms with Crippen molar-refractivity contribution in [3.63, 3.8) is 0 Å². The molecule has 2 rings (SSSR count). The Morgan fingerprint density at radius 1 is 0.789 bits per heavy atom. The maximum absolute atomic E-state index is 10.3. The second-order valence-corrected chi connectivity index (χ2v) is 4.72. The Balaban J connectivity index is 1.99. The number of nitrogens with two attached hydrogens (primary N) is 1. The van der Waals surface area contributed by atoms with E-state index < -0.39 is 0 Å². The Kier molecular flexibility index (Phi) is 4.87. The lowest BCUT2D eigenvalue weighted by Gasteiger charge is -2.05. The zero-order chi connectivity index (χ0) is 13.5. The van der Waals surface area contributed by atoms with Crippen LogP contribution in [0.25, 0.3) is 0 Å². The molecule has 0 bridgehead atoms. The van der Waals surface area contributed by atoms with Crippen LogP contribution < -0.4 is 5.73 Å². The maximum atomic E-state index is 10.3. The van der Waals surface area contributed by atoms with E-state index in [2.05, 4.69) is 48.5 Å². The van der Waals surface area contributed by atoms with E-state index >= 15 is 0 Å². The summed E-state index contributed by atoms with van der Waals surface area (Å²) < 4.78 is 0. The minimum Gasteiger partial charge on any atom is -0.326 e. The van der Waals surface area contributed by atoms with Gasteiger partial charge in [0.2, 0.25) is 0 Å². The predicted molar refractivity (Wildman–Crippen MR) is 78.0 cm³/mol. The molecule has 0 heterocycles. The van der Waals surface area contributed by atoms with E-state index in [-0.39, 0.29) is 0 Å². The fraction of sp³-hybridized carbons (Fsp3) is 0.235. The second-order valence-electron chi connectivity index (χ2n) is 4.72. The van der Waals surface area contributed by atoms with Gasteiger partial charge in [-0.2, -0.15) is 0 Å². The molecule has 0 spiro atoms. The van der Waals surface area contributed by atoms with Crippen molar-refractivity contribution in [2.75, 3.05) is 0 Å². The van der Waals surface area contributed by atoms with Crippen LogP contribution in [0.2, 0.25) is 0 Å². The molecule has 0 saturated heterocycles. The van der Waals surface area contributed by atoms with Crippen LogP contribution in [0.5, 0.6) is 0 Å². The molecule has 0 aromatic heterocycles. The molecule has 0 amide bonds. The van der Waals surface area contributed by atoms with Crippen LogP contribution in [-0.4, -0.2) is 6.29 Å². The molecule has 2 heteroatoms. The monoisotopic (exact) mass is 253 g/mol. The summed E-state index contributed by atoms with van der Waals surface area (Å²) in [6.07, 6.45) is 3.32. The van der Waals surface area contributed by atoms with Crippen molar-refractivity contribution in [1.82, 2.24) is 0 Å². The Morgan fingerprint density at radius 2 is 1.26 bits per heavy atom. The minimum atomic E-state index is 0.589. The number of rotatable bonds is 6. The summed E-state index contributed by atoms with van der Waals surface area (Å²) in [7, 11) is 0. The normalized spacial score (nSPS) is 10.4. The van der Waals surface area contributed by atoms with Gasteiger partial charge in [0.1, 0.15) is 6.29 Å². The van der Waals surface area contributed by atoms with Crippen molar-refractivity contribution < 1.29 is 4.79 Å². The van der Waals surface area contributed by atoms with E-state index in [9.17, 15) is 4.79 Å². The van der Waals surface area contributed by atoms with E-state index in [0.29, 0.717) is 13.0 Å². The van der Waals surface area contributed by atoms with Gasteiger partial charge in [-0.25, -0.2) is 0 Å². The van der Waals surface area contributed by atoms with Crippen LogP contribution in [0.4, 0.5) is 0 Å². The molecule has 98 valence electrons. The molecule has 0 radical (unpaired) electrons. The zero-order valence-electron chi connectivity index (χ0n) is 11.0. The maximum Gasteiger partial charge on any atom is 0.120 e. The summed E-state index contributed by atoms with van der Waals surface area (Å²) in [6.45, 7) is 0.589. The lowest BCUT2D eigenvalue weighted by Crippen LogP contribution is -1.96. The Bertz CT molecular complexity index is 514. The van der Waals surface area contributed by atoms with Crippen molar-refractivity contribution in [2.24, 2.45) is 5.73 Å². The van der Waals surface area contributed by atoms with Crippen LogP contribution in [0, 0.1) is 0 Å². The quantitative estimate of drug-likeness (QED) is 0.804. The lowest BCUT2D eigenvalue weighted by atomic mass is 10.0. The molecule has 19 heavy (non-hydrogen) atoms. The average molecular weight is 253 g/mol. The topological polar surface area (TPSA) is 43.1 Å². The van der Waals surface area contributed by atoms with Crippen molar-refractivity contribution in [3.05, 3.63) is 70.8 Å². The largest absolute Gasteiger partial charge is 0.326 e. The molecular weight excluding hydrogens is 234 g/mol. The molecule has 0 saturated carbocycles. The number of hydrogen-bond acceptors (Lipinski definition) is 2. The standard InChI is InChI=1S/C17H19NO/c18-13-17-9-7-16(8-10-17)12-15-5-3-14(4-6-15)2-1-11-19/h3-11H,1-2,12-13,18H2. The highest BCUT2D eigenvalue weighted by atomic mass is 16.1. The first-order valence-corrected chi connectivity index (χ1v) is 6.61. The van der Waals surface area contributed by atoms with E-state index in [1.54, 1.807) is 0 Å². The third-order valence-electron chi connectivity index (χ3n) is 3.24. The molecule has 0 aliphatic carbocycles. The third kappa shape index (κ3) is 4.04. The molecular formula is C17H19NO. The molecule has 2 N–H and O–H groups in total. The Morgan fingerprint density at radius 3 is 1.74 bits per heavy atom. The van der Waals surface area contributed by atoms with Crippen LogP contribution in [0.1, 0.15) is 28.7 Å². The van der Waals surface area contributed by atoms with Crippen LogP contribution in [0.15, 0.2) is 48.5 Å². The first kappa shape index (κ1) is 13.5. The highest BCUT2D eigenvalue weighted by Crippen LogP contribution is 2.12. The smallest absolute Gasteiger partial charge is 0.120 e. The average Bonchev–Trinajstić information content (AvgIpc) is 2.47. The number of aryl methyl sites for hydroxylation is 1. The lowest BCUT2D eigenvalue weighted by molar-refractivity contribution is -0.107. The van der Waals surface area contributed by atoms with Gasteiger partial charge in [0.15, 0.2) is 0 Å². The third-order valence-corrected chi connectivity index (χ3v) is 3.24. The number of carbonyl (C=O) groups excluding carboxylic acids is 1. The number of benzene rings is 2. The van der Waals surface area contributed by atoms with Gasteiger partial charge in [-0.05, 0) is 35.1 Å². The molecule has 2 nitrogen and oxygen atoms in total. The molecule has 0 atom stereocenters. The van der Waals surface area contributed by atoms with Crippen molar-refractivity contribution in [1.29, 1.82) is 0 Å². The van der Waals surface area contributed by atoms with E-state index in [1.807, 2.05) is 0 Å². The summed E-state index contributed by atoms with van der Waals surface area (Å²) >= 11 is 0. The highest BCUT2D eigenvalue weighted by Gasteiger charge is 1.98. The predicted octanol–water partition coefficient (Wildman–Crippen LogP) is 2.87. The van der Waals surface area contributed by atoms with E-state index in [4.69, 9.17) is 5.73 Å². The summed E-state index contributed by atoms with van der Waals surface area (Å²) in [6, 6.07) is 16.9. The molecule has 2 aromatic rings. The number of aldehydes is 1. The Hall–Kier alpha value is -1.93. The van der Waals surface area contributed by atoms with E-state index in [1.165, 1.54) is 16.7 Å². The second kappa shape index (κ2) is 6.86. The number of hydrogen-bond donors (Lipinski definition) is 1. The highest BCUT2D eigenvalue weighted by molar-refractivity contribution is 5.50. The molecule has 2 aromatic carbocycles.